The summed E-state index contributed by atoms with van der Waals surface area (Å²) in [5.74, 6) is -1.24. The van der Waals surface area contributed by atoms with Crippen molar-refractivity contribution in [1.82, 2.24) is 4.90 Å². The van der Waals surface area contributed by atoms with Gasteiger partial charge in [0.15, 0.2) is 0 Å². The number of anilines is 1. The summed E-state index contributed by atoms with van der Waals surface area (Å²) in [6.07, 6.45) is 1.56. The van der Waals surface area contributed by atoms with E-state index in [0.717, 1.165) is 13.0 Å². The Morgan fingerprint density at radius 2 is 2.24 bits per heavy atom. The van der Waals surface area contributed by atoms with E-state index >= 15 is 0 Å². The molecular weight excluding hydrogens is 330 g/mol. The summed E-state index contributed by atoms with van der Waals surface area (Å²) in [6, 6.07) is 4.21. The van der Waals surface area contributed by atoms with Crippen LogP contribution in [0.25, 0.3) is 0 Å². The van der Waals surface area contributed by atoms with Crippen LogP contribution < -0.4 is 10.1 Å². The fraction of sp³-hybridized carbons (Fsp3) is 0.500. The number of nitro benzene ring substituents is 1. The van der Waals surface area contributed by atoms with Gasteiger partial charge in [-0.2, -0.15) is 0 Å². The van der Waals surface area contributed by atoms with E-state index in [2.05, 4.69) is 5.32 Å². The quantitative estimate of drug-likeness (QED) is 0.566. The van der Waals surface area contributed by atoms with Crippen LogP contribution in [-0.2, 0) is 9.59 Å². The molecule has 136 valence electrons. The number of likely N-dealkylation sites (tertiary alicyclic amines) is 1. The number of piperidine rings is 1. The number of amides is 1. The van der Waals surface area contributed by atoms with Crippen molar-refractivity contribution in [3.05, 3.63) is 28.3 Å². The molecule has 1 aromatic carbocycles. The molecule has 2 rings (SSSR count). The van der Waals surface area contributed by atoms with E-state index in [4.69, 9.17) is 9.84 Å². The van der Waals surface area contributed by atoms with E-state index < -0.39 is 16.8 Å². The van der Waals surface area contributed by atoms with E-state index in [0.29, 0.717) is 25.3 Å². The number of nitrogens with zero attached hydrogens (tertiary/aromatic N) is 2. The van der Waals surface area contributed by atoms with Gasteiger partial charge < -0.3 is 20.1 Å². The maximum absolute atomic E-state index is 12.1. The maximum atomic E-state index is 12.1. The van der Waals surface area contributed by atoms with Crippen molar-refractivity contribution in [3.63, 3.8) is 0 Å². The Labute approximate surface area is 144 Å². The number of carboxylic acids is 1. The number of rotatable bonds is 7. The number of hydrogen-bond acceptors (Lipinski definition) is 6. The van der Waals surface area contributed by atoms with Gasteiger partial charge in [-0.05, 0) is 31.5 Å². The zero-order valence-electron chi connectivity index (χ0n) is 13.9. The molecule has 0 bridgehead atoms. The Morgan fingerprint density at radius 3 is 2.88 bits per heavy atom. The number of carbonyl (C=O) groups is 2. The topological polar surface area (TPSA) is 122 Å². The zero-order valence-corrected chi connectivity index (χ0v) is 13.9. The summed E-state index contributed by atoms with van der Waals surface area (Å²) in [5.41, 5.74) is -0.130. The van der Waals surface area contributed by atoms with Crippen LogP contribution >= 0.6 is 0 Å². The van der Waals surface area contributed by atoms with Crippen molar-refractivity contribution in [2.24, 2.45) is 5.92 Å². The number of aliphatic carboxylic acids is 1. The second kappa shape index (κ2) is 8.43. The minimum atomic E-state index is -0.817. The Hall–Kier alpha value is -2.68. The third kappa shape index (κ3) is 5.15. The van der Waals surface area contributed by atoms with E-state index in [-0.39, 0.29) is 23.7 Å². The van der Waals surface area contributed by atoms with Crippen LogP contribution in [0, 0.1) is 16.0 Å². The van der Waals surface area contributed by atoms with Gasteiger partial charge in [-0.25, -0.2) is 0 Å². The normalized spacial score (nSPS) is 17.7. The molecule has 9 nitrogen and oxygen atoms in total. The Morgan fingerprint density at radius 1 is 1.48 bits per heavy atom. The fourth-order valence-corrected chi connectivity index (χ4v) is 2.83. The van der Waals surface area contributed by atoms with Crippen LogP contribution in [-0.4, -0.2) is 53.6 Å². The molecule has 1 heterocycles. The highest BCUT2D eigenvalue weighted by Gasteiger charge is 2.25. The number of nitrogens with one attached hydrogen (secondary N) is 1. The average molecular weight is 351 g/mol. The van der Waals surface area contributed by atoms with Crippen LogP contribution in [0.5, 0.6) is 5.75 Å². The van der Waals surface area contributed by atoms with Gasteiger partial charge in [0, 0.05) is 19.5 Å². The lowest BCUT2D eigenvalue weighted by Gasteiger charge is -2.30. The van der Waals surface area contributed by atoms with Gasteiger partial charge >= 0.3 is 5.97 Å². The highest BCUT2D eigenvalue weighted by molar-refractivity contribution is 5.93. The molecule has 1 atom stereocenters. The van der Waals surface area contributed by atoms with Crippen molar-refractivity contribution in [1.29, 1.82) is 0 Å². The smallest absolute Gasteiger partial charge is 0.307 e. The molecule has 1 unspecified atom stereocenters. The Kier molecular flexibility index (Phi) is 6.29. The molecule has 1 aliphatic heterocycles. The van der Waals surface area contributed by atoms with Gasteiger partial charge in [0.1, 0.15) is 11.4 Å². The van der Waals surface area contributed by atoms with Gasteiger partial charge in [-0.1, -0.05) is 0 Å². The summed E-state index contributed by atoms with van der Waals surface area (Å²) < 4.78 is 4.95. The predicted octanol–water partition coefficient (Wildman–Crippen LogP) is 1.73. The average Bonchev–Trinajstić information content (AvgIpc) is 2.60. The molecule has 25 heavy (non-hydrogen) atoms. The number of benzene rings is 1. The fourth-order valence-electron chi connectivity index (χ4n) is 2.83. The first kappa shape index (κ1) is 18.7. The largest absolute Gasteiger partial charge is 0.496 e. The van der Waals surface area contributed by atoms with Gasteiger partial charge in [0.2, 0.25) is 5.91 Å². The van der Waals surface area contributed by atoms with Crippen LogP contribution in [0.15, 0.2) is 18.2 Å². The minimum Gasteiger partial charge on any atom is -0.496 e. The predicted molar refractivity (Wildman–Crippen MR) is 89.7 cm³/mol. The maximum Gasteiger partial charge on any atom is 0.307 e. The molecule has 0 aromatic heterocycles. The molecule has 0 saturated carbocycles. The summed E-state index contributed by atoms with van der Waals surface area (Å²) in [4.78, 5) is 35.6. The van der Waals surface area contributed by atoms with Crippen LogP contribution in [0.4, 0.5) is 11.4 Å². The second-order valence-electron chi connectivity index (χ2n) is 5.92. The monoisotopic (exact) mass is 351 g/mol. The molecule has 2 N–H and O–H groups in total. The zero-order chi connectivity index (χ0) is 18.4. The van der Waals surface area contributed by atoms with E-state index in [9.17, 15) is 19.7 Å². The second-order valence-corrected chi connectivity index (χ2v) is 5.92. The van der Waals surface area contributed by atoms with E-state index in [1.165, 1.54) is 25.3 Å². The number of methoxy groups -OCH3 is 1. The van der Waals surface area contributed by atoms with Crippen molar-refractivity contribution in [2.45, 2.75) is 19.3 Å². The molecule has 0 aliphatic carbocycles. The summed E-state index contributed by atoms with van der Waals surface area (Å²) in [7, 11) is 1.40. The summed E-state index contributed by atoms with van der Waals surface area (Å²) in [5, 5.41) is 22.7. The molecule has 1 amide bonds. The standard InChI is InChI=1S/C16H21N3O6/c1-25-12-4-5-13(14(9-12)19(23)24)17-15(20)6-8-18-7-2-3-11(10-18)16(21)22/h4-5,9,11H,2-3,6-8,10H2,1H3,(H,17,20)(H,21,22). The van der Waals surface area contributed by atoms with Crippen LogP contribution in [0.2, 0.25) is 0 Å². The highest BCUT2D eigenvalue weighted by Crippen LogP contribution is 2.29. The van der Waals surface area contributed by atoms with Crippen molar-refractivity contribution in [3.8, 4) is 5.75 Å². The van der Waals surface area contributed by atoms with Gasteiger partial charge in [-0.15, -0.1) is 0 Å². The van der Waals surface area contributed by atoms with Crippen molar-refractivity contribution in [2.75, 3.05) is 32.1 Å². The van der Waals surface area contributed by atoms with Crippen molar-refractivity contribution < 1.29 is 24.4 Å². The first-order valence-electron chi connectivity index (χ1n) is 7.98. The van der Waals surface area contributed by atoms with Gasteiger partial charge in [0.05, 0.1) is 24.0 Å². The Balaban J connectivity index is 1.92. The molecule has 0 spiro atoms. The van der Waals surface area contributed by atoms with E-state index in [1.807, 2.05) is 4.90 Å². The number of carboxylic acid groups (broad SMARTS) is 1. The molecule has 1 aliphatic rings. The summed E-state index contributed by atoms with van der Waals surface area (Å²) in [6.45, 7) is 1.59. The lowest BCUT2D eigenvalue weighted by Crippen LogP contribution is -2.40. The molecule has 1 aromatic rings. The highest BCUT2D eigenvalue weighted by atomic mass is 16.6. The SMILES string of the molecule is COc1ccc(NC(=O)CCN2CCCC(C(=O)O)C2)c([N+](=O)[O-])c1. The van der Waals surface area contributed by atoms with Crippen LogP contribution in [0.1, 0.15) is 19.3 Å². The third-order valence-electron chi connectivity index (χ3n) is 4.19. The number of ether oxygens (including phenoxy) is 1. The van der Waals surface area contributed by atoms with Gasteiger partial charge in [0.25, 0.3) is 5.69 Å². The lowest BCUT2D eigenvalue weighted by molar-refractivity contribution is -0.384. The van der Waals surface area contributed by atoms with Crippen molar-refractivity contribution >= 4 is 23.3 Å². The number of hydrogen-bond donors (Lipinski definition) is 2. The van der Waals surface area contributed by atoms with Crippen LogP contribution in [0.3, 0.4) is 0 Å². The molecule has 1 saturated heterocycles. The number of carbonyl (C=O) groups excluding carboxylic acids is 1. The number of nitro groups is 1. The third-order valence-corrected chi connectivity index (χ3v) is 4.19. The minimum absolute atomic E-state index is 0.109. The first-order valence-corrected chi connectivity index (χ1v) is 7.98. The molecule has 1 fully saturated rings. The first-order chi connectivity index (χ1) is 11.9. The molecule has 0 radical (unpaired) electrons. The molecule has 9 heteroatoms. The van der Waals surface area contributed by atoms with Gasteiger partial charge in [-0.3, -0.25) is 19.7 Å². The Bertz CT molecular complexity index is 663. The lowest BCUT2D eigenvalue weighted by atomic mass is 9.98. The summed E-state index contributed by atoms with van der Waals surface area (Å²) >= 11 is 0. The molecular formula is C16H21N3O6. The van der Waals surface area contributed by atoms with E-state index in [1.54, 1.807) is 0 Å².